The Balaban J connectivity index is 2.38. The number of carbonyl (C=O) groups is 1. The quantitative estimate of drug-likeness (QED) is 0.658. The van der Waals surface area contributed by atoms with Crippen LogP contribution in [0.5, 0.6) is 0 Å². The second kappa shape index (κ2) is 2.35. The van der Waals surface area contributed by atoms with Crippen LogP contribution in [-0.2, 0) is 4.79 Å². The molecule has 1 aliphatic heterocycles. The summed E-state index contributed by atoms with van der Waals surface area (Å²) in [5.41, 5.74) is 2.72. The molecule has 1 amide bonds. The van der Waals surface area contributed by atoms with E-state index >= 15 is 0 Å². The van der Waals surface area contributed by atoms with Gasteiger partial charge in [0.05, 0.1) is 11.6 Å². The topological polar surface area (TPSA) is 57.8 Å². The van der Waals surface area contributed by atoms with E-state index in [1.807, 2.05) is 19.2 Å². The molecule has 0 bridgehead atoms. The number of rotatable bonds is 0. The van der Waals surface area contributed by atoms with Crippen LogP contribution in [0.25, 0.3) is 11.0 Å². The van der Waals surface area contributed by atoms with Crippen LogP contribution in [0, 0.1) is 0 Å². The van der Waals surface area contributed by atoms with E-state index in [4.69, 9.17) is 0 Å². The monoisotopic (exact) mass is 187 g/mol. The number of nitrogens with one attached hydrogen (secondary N) is 2. The Labute approximate surface area is 80.3 Å². The summed E-state index contributed by atoms with van der Waals surface area (Å²) in [5.74, 6) is -0.0349. The number of H-pyrrole nitrogens is 1. The van der Waals surface area contributed by atoms with E-state index in [1.54, 1.807) is 6.20 Å². The highest BCUT2D eigenvalue weighted by Crippen LogP contribution is 2.36. The molecule has 2 aromatic rings. The molecular formula is C10H9N3O. The molecule has 0 radical (unpaired) electrons. The Morgan fingerprint density at radius 1 is 1.50 bits per heavy atom. The molecule has 0 aromatic carbocycles. The highest BCUT2D eigenvalue weighted by Gasteiger charge is 2.28. The summed E-state index contributed by atoms with van der Waals surface area (Å²) in [4.78, 5) is 18.7. The summed E-state index contributed by atoms with van der Waals surface area (Å²) in [6.07, 6.45) is 3.59. The number of amides is 1. The first-order valence-electron chi connectivity index (χ1n) is 4.54. The minimum absolute atomic E-state index is 0.0514. The number of aromatic amines is 1. The van der Waals surface area contributed by atoms with Gasteiger partial charge in [-0.1, -0.05) is 0 Å². The van der Waals surface area contributed by atoms with Gasteiger partial charge in [0.25, 0.3) is 0 Å². The third-order valence-corrected chi connectivity index (χ3v) is 2.72. The minimum atomic E-state index is -0.0863. The number of fused-ring (bicyclic) bond motifs is 3. The average Bonchev–Trinajstić information content (AvgIpc) is 2.73. The summed E-state index contributed by atoms with van der Waals surface area (Å²) in [6, 6.07) is 1.93. The van der Waals surface area contributed by atoms with Gasteiger partial charge in [0.1, 0.15) is 5.65 Å². The van der Waals surface area contributed by atoms with Gasteiger partial charge in [0.2, 0.25) is 5.91 Å². The van der Waals surface area contributed by atoms with Crippen molar-refractivity contribution in [1.82, 2.24) is 9.97 Å². The van der Waals surface area contributed by atoms with Crippen LogP contribution in [0.2, 0.25) is 0 Å². The number of anilines is 1. The maximum Gasteiger partial charge on any atom is 0.231 e. The highest BCUT2D eigenvalue weighted by molar-refractivity contribution is 6.09. The molecule has 3 rings (SSSR count). The van der Waals surface area contributed by atoms with Crippen LogP contribution < -0.4 is 5.32 Å². The van der Waals surface area contributed by atoms with Crippen molar-refractivity contribution in [1.29, 1.82) is 0 Å². The number of carbonyl (C=O) groups excluding carboxylic acids is 1. The molecule has 2 N–H and O–H groups in total. The zero-order valence-electron chi connectivity index (χ0n) is 7.66. The fourth-order valence-electron chi connectivity index (χ4n) is 1.86. The summed E-state index contributed by atoms with van der Waals surface area (Å²) in [6.45, 7) is 1.89. The molecule has 0 aliphatic carbocycles. The predicted molar refractivity (Wildman–Crippen MR) is 53.1 cm³/mol. The molecule has 14 heavy (non-hydrogen) atoms. The lowest BCUT2D eigenvalue weighted by atomic mass is 10.0. The van der Waals surface area contributed by atoms with Crippen molar-refractivity contribution < 1.29 is 4.79 Å². The van der Waals surface area contributed by atoms with Crippen molar-refractivity contribution >= 4 is 22.6 Å². The van der Waals surface area contributed by atoms with Crippen LogP contribution >= 0.6 is 0 Å². The minimum Gasteiger partial charge on any atom is -0.346 e. The van der Waals surface area contributed by atoms with Crippen molar-refractivity contribution in [3.63, 3.8) is 0 Å². The highest BCUT2D eigenvalue weighted by atomic mass is 16.2. The second-order valence-corrected chi connectivity index (χ2v) is 3.54. The first-order chi connectivity index (χ1) is 6.77. The van der Waals surface area contributed by atoms with Crippen LogP contribution in [0.3, 0.4) is 0 Å². The Bertz CT molecular complexity index is 529. The van der Waals surface area contributed by atoms with Crippen molar-refractivity contribution in [3.05, 3.63) is 24.0 Å². The Morgan fingerprint density at radius 2 is 2.36 bits per heavy atom. The van der Waals surface area contributed by atoms with Gasteiger partial charge < -0.3 is 10.3 Å². The Morgan fingerprint density at radius 3 is 3.21 bits per heavy atom. The number of hydrogen-bond donors (Lipinski definition) is 2. The van der Waals surface area contributed by atoms with Crippen molar-refractivity contribution in [2.75, 3.05) is 5.32 Å². The fraction of sp³-hybridized carbons (Fsp3) is 0.200. The van der Waals surface area contributed by atoms with Gasteiger partial charge in [-0.15, -0.1) is 0 Å². The predicted octanol–water partition coefficient (Wildman–Crippen LogP) is 1.62. The van der Waals surface area contributed by atoms with E-state index < -0.39 is 0 Å². The molecule has 70 valence electrons. The van der Waals surface area contributed by atoms with E-state index in [0.717, 1.165) is 22.3 Å². The zero-order chi connectivity index (χ0) is 9.71. The Kier molecular flexibility index (Phi) is 1.27. The summed E-state index contributed by atoms with van der Waals surface area (Å²) < 4.78 is 0. The van der Waals surface area contributed by atoms with E-state index in [-0.39, 0.29) is 11.8 Å². The van der Waals surface area contributed by atoms with Gasteiger partial charge >= 0.3 is 0 Å². The van der Waals surface area contributed by atoms with Gasteiger partial charge in [0.15, 0.2) is 0 Å². The van der Waals surface area contributed by atoms with Gasteiger partial charge in [0, 0.05) is 23.3 Å². The third-order valence-electron chi connectivity index (χ3n) is 2.72. The molecule has 2 aromatic heterocycles. The first-order valence-corrected chi connectivity index (χ1v) is 4.54. The van der Waals surface area contributed by atoms with E-state index in [2.05, 4.69) is 15.3 Å². The largest absolute Gasteiger partial charge is 0.346 e. The van der Waals surface area contributed by atoms with Gasteiger partial charge in [-0.3, -0.25) is 4.79 Å². The van der Waals surface area contributed by atoms with Crippen molar-refractivity contribution in [2.24, 2.45) is 0 Å². The third kappa shape index (κ3) is 0.775. The maximum absolute atomic E-state index is 11.4. The van der Waals surface area contributed by atoms with E-state index in [1.165, 1.54) is 0 Å². The summed E-state index contributed by atoms with van der Waals surface area (Å²) in [7, 11) is 0. The molecule has 0 saturated heterocycles. The van der Waals surface area contributed by atoms with Crippen LogP contribution in [0.4, 0.5) is 5.69 Å². The normalized spacial score (nSPS) is 19.8. The van der Waals surface area contributed by atoms with Gasteiger partial charge in [-0.05, 0) is 13.0 Å². The van der Waals surface area contributed by atoms with Crippen molar-refractivity contribution in [2.45, 2.75) is 12.8 Å². The molecule has 4 heteroatoms. The van der Waals surface area contributed by atoms with E-state index in [9.17, 15) is 4.79 Å². The molecule has 4 nitrogen and oxygen atoms in total. The number of pyridine rings is 1. The summed E-state index contributed by atoms with van der Waals surface area (Å²) in [5, 5.41) is 3.86. The standard InChI is InChI=1S/C10H9N3O/c1-5-7-4-12-9-6(2-3-11-9)8(7)13-10(5)14/h2-5H,1H3,(H,11,12)(H,13,14). The Hall–Kier alpha value is -1.84. The van der Waals surface area contributed by atoms with Gasteiger partial charge in [-0.25, -0.2) is 4.98 Å². The SMILES string of the molecule is CC1C(=O)Nc2c1cnc1[nH]ccc21. The molecule has 0 spiro atoms. The maximum atomic E-state index is 11.4. The number of nitrogens with zero attached hydrogens (tertiary/aromatic N) is 1. The second-order valence-electron chi connectivity index (χ2n) is 3.54. The molecule has 0 fully saturated rings. The van der Waals surface area contributed by atoms with Crippen LogP contribution in [0.1, 0.15) is 18.4 Å². The molecule has 1 atom stereocenters. The van der Waals surface area contributed by atoms with Crippen LogP contribution in [0.15, 0.2) is 18.5 Å². The lowest BCUT2D eigenvalue weighted by Gasteiger charge is -2.00. The van der Waals surface area contributed by atoms with Crippen molar-refractivity contribution in [3.8, 4) is 0 Å². The molecular weight excluding hydrogens is 178 g/mol. The smallest absolute Gasteiger partial charge is 0.231 e. The number of aromatic nitrogens is 2. The average molecular weight is 187 g/mol. The lowest BCUT2D eigenvalue weighted by molar-refractivity contribution is -0.116. The number of hydrogen-bond acceptors (Lipinski definition) is 2. The molecule has 0 saturated carbocycles. The molecule has 1 aliphatic rings. The molecule has 3 heterocycles. The first kappa shape index (κ1) is 7.55. The lowest BCUT2D eigenvalue weighted by Crippen LogP contribution is -2.08. The van der Waals surface area contributed by atoms with Gasteiger partial charge in [-0.2, -0.15) is 0 Å². The van der Waals surface area contributed by atoms with E-state index in [0.29, 0.717) is 0 Å². The zero-order valence-corrected chi connectivity index (χ0v) is 7.66. The molecule has 1 unspecified atom stereocenters. The fourth-order valence-corrected chi connectivity index (χ4v) is 1.86. The summed E-state index contributed by atoms with van der Waals surface area (Å²) >= 11 is 0. The van der Waals surface area contributed by atoms with Crippen LogP contribution in [-0.4, -0.2) is 15.9 Å².